The highest BCUT2D eigenvalue weighted by atomic mass is 32.1. The van der Waals surface area contributed by atoms with Gasteiger partial charge in [0.1, 0.15) is 17.5 Å². The molecule has 0 radical (unpaired) electrons. The van der Waals surface area contributed by atoms with Crippen LogP contribution in [-0.4, -0.2) is 55.8 Å². The van der Waals surface area contributed by atoms with Crippen LogP contribution in [0.5, 0.6) is 11.5 Å². The number of benzene rings is 2. The molecule has 0 saturated carbocycles. The molecule has 3 heterocycles. The molecule has 1 saturated heterocycles. The number of aromatic nitrogens is 1. The van der Waals surface area contributed by atoms with Crippen LogP contribution < -0.4 is 29.3 Å². The number of fused-ring (bicyclic) bond motifs is 1. The summed E-state index contributed by atoms with van der Waals surface area (Å²) in [4.78, 5) is 37.6. The van der Waals surface area contributed by atoms with Crippen molar-refractivity contribution in [1.82, 2.24) is 9.47 Å². The van der Waals surface area contributed by atoms with Crippen LogP contribution in [0.2, 0.25) is 0 Å². The molecule has 2 aliphatic heterocycles. The predicted molar refractivity (Wildman–Crippen MR) is 164 cm³/mol. The third-order valence-corrected chi connectivity index (χ3v) is 9.03. The van der Waals surface area contributed by atoms with Crippen molar-refractivity contribution in [3.05, 3.63) is 84.0 Å². The van der Waals surface area contributed by atoms with Crippen LogP contribution in [0.1, 0.15) is 56.3 Å². The van der Waals surface area contributed by atoms with Gasteiger partial charge in [0, 0.05) is 37.4 Å². The van der Waals surface area contributed by atoms with Gasteiger partial charge in [-0.2, -0.15) is 0 Å². The largest absolute Gasteiger partial charge is 0.497 e. The first-order valence-electron chi connectivity index (χ1n) is 14.2. The smallest absolute Gasteiger partial charge is 0.271 e. The van der Waals surface area contributed by atoms with Crippen LogP contribution in [0.4, 0.5) is 5.69 Å². The van der Waals surface area contributed by atoms with Gasteiger partial charge in [0.2, 0.25) is 0 Å². The zero-order valence-electron chi connectivity index (χ0n) is 24.7. The van der Waals surface area contributed by atoms with Gasteiger partial charge in [-0.05, 0) is 88.1 Å². The number of nitrogens with zero attached hydrogens (tertiary/aromatic N) is 4. The molecule has 5 rings (SSSR count). The molecule has 1 fully saturated rings. The van der Waals surface area contributed by atoms with Gasteiger partial charge < -0.3 is 19.3 Å². The monoisotopic (exact) mass is 574 g/mol. The average molecular weight is 575 g/mol. The van der Waals surface area contributed by atoms with Gasteiger partial charge >= 0.3 is 0 Å². The molecule has 8 nitrogen and oxygen atoms in total. The molecule has 9 heteroatoms. The Bertz CT molecular complexity index is 1680. The van der Waals surface area contributed by atoms with E-state index in [0.717, 1.165) is 24.2 Å². The molecule has 3 aromatic rings. The lowest BCUT2D eigenvalue weighted by Gasteiger charge is -2.30. The van der Waals surface area contributed by atoms with Crippen LogP contribution in [0.25, 0.3) is 6.08 Å². The third kappa shape index (κ3) is 5.30. The molecule has 41 heavy (non-hydrogen) atoms. The lowest BCUT2D eigenvalue weighted by Crippen LogP contribution is -2.43. The van der Waals surface area contributed by atoms with Crippen molar-refractivity contribution in [3.8, 4) is 11.5 Å². The highest BCUT2D eigenvalue weighted by Gasteiger charge is 2.36. The molecule has 1 aromatic heterocycles. The number of rotatable bonds is 8. The van der Waals surface area contributed by atoms with E-state index >= 15 is 0 Å². The number of likely N-dealkylation sites (N-methyl/N-ethyl adjacent to an activating group) is 1. The summed E-state index contributed by atoms with van der Waals surface area (Å²) in [6.45, 7) is 11.1. The Morgan fingerprint density at radius 1 is 1.07 bits per heavy atom. The number of hydrogen-bond acceptors (Lipinski definition) is 7. The molecule has 2 aliphatic rings. The number of anilines is 1. The minimum atomic E-state index is -0.717. The molecule has 0 aliphatic carbocycles. The second-order valence-corrected chi connectivity index (χ2v) is 11.4. The fraction of sp³-hybridized carbons (Fsp3) is 0.406. The fourth-order valence-corrected chi connectivity index (χ4v) is 6.80. The summed E-state index contributed by atoms with van der Waals surface area (Å²) in [6.07, 6.45) is 4.39. The highest BCUT2D eigenvalue weighted by molar-refractivity contribution is 7.07. The van der Waals surface area contributed by atoms with Crippen molar-refractivity contribution >= 4 is 29.0 Å². The van der Waals surface area contributed by atoms with Gasteiger partial charge in [-0.1, -0.05) is 17.4 Å². The predicted octanol–water partition coefficient (Wildman–Crippen LogP) is 4.03. The van der Waals surface area contributed by atoms with E-state index in [1.54, 1.807) is 23.7 Å². The Kier molecular flexibility index (Phi) is 8.35. The van der Waals surface area contributed by atoms with E-state index in [1.165, 1.54) is 29.9 Å². The maximum atomic E-state index is 14.2. The normalized spacial score (nSPS) is 17.0. The number of thiazole rings is 1. The van der Waals surface area contributed by atoms with Crippen LogP contribution in [-0.2, 0) is 4.79 Å². The van der Waals surface area contributed by atoms with Gasteiger partial charge in [-0.15, -0.1) is 0 Å². The molecule has 0 spiro atoms. The van der Waals surface area contributed by atoms with E-state index in [9.17, 15) is 9.59 Å². The topological polar surface area (TPSA) is 76.4 Å². The lowest BCUT2D eigenvalue weighted by atomic mass is 9.93. The Balaban J connectivity index is 1.70. The van der Waals surface area contributed by atoms with Gasteiger partial charge in [0.25, 0.3) is 11.5 Å². The summed E-state index contributed by atoms with van der Waals surface area (Å²) in [5.41, 5.74) is 4.86. The minimum absolute atomic E-state index is 0.145. The maximum Gasteiger partial charge on any atom is 0.271 e. The second kappa shape index (κ2) is 11.9. The van der Waals surface area contributed by atoms with Crippen LogP contribution in [0.3, 0.4) is 0 Å². The number of amides is 1. The number of aryl methyl sites for hydroxylation is 1. The Morgan fingerprint density at radius 2 is 1.80 bits per heavy atom. The average Bonchev–Trinajstić information content (AvgIpc) is 3.62. The molecule has 0 unspecified atom stereocenters. The highest BCUT2D eigenvalue weighted by Crippen LogP contribution is 2.38. The fourth-order valence-electron chi connectivity index (χ4n) is 5.76. The number of carbonyl (C=O) groups excluding carboxylic acids is 1. The summed E-state index contributed by atoms with van der Waals surface area (Å²) < 4.78 is 13.5. The molecule has 1 amide bonds. The lowest BCUT2D eigenvalue weighted by molar-refractivity contribution is -0.127. The zero-order chi connectivity index (χ0) is 29.3. The number of carbonyl (C=O) groups is 1. The number of methoxy groups -OCH3 is 2. The summed E-state index contributed by atoms with van der Waals surface area (Å²) in [5, 5.41) is 0. The molecule has 1 atom stereocenters. The van der Waals surface area contributed by atoms with Gasteiger partial charge in [-0.3, -0.25) is 14.2 Å². The standard InChI is InChI=1S/C32H38N4O4S/c1-7-34(8-2)31(38)28-21(4)33-32-36(29(28)25-19-24(39-5)13-14-26(25)40-6)30(37)27(41-32)18-22-11-12-23(17-20(22)3)35-15-9-10-16-35/h11-14,17-19,29H,7-10,15-16H2,1-6H3/b27-18-/t29-/m0/s1. The minimum Gasteiger partial charge on any atom is -0.497 e. The van der Waals surface area contributed by atoms with Crippen LogP contribution >= 0.6 is 11.3 Å². The van der Waals surface area contributed by atoms with Crippen molar-refractivity contribution < 1.29 is 14.3 Å². The van der Waals surface area contributed by atoms with E-state index in [2.05, 4.69) is 30.0 Å². The Hall–Kier alpha value is -3.85. The van der Waals surface area contributed by atoms with Crippen molar-refractivity contribution in [3.63, 3.8) is 0 Å². The number of ether oxygens (including phenoxy) is 2. The van der Waals surface area contributed by atoms with Crippen molar-refractivity contribution in [2.24, 2.45) is 4.99 Å². The van der Waals surface area contributed by atoms with Crippen molar-refractivity contribution in [2.45, 2.75) is 46.6 Å². The van der Waals surface area contributed by atoms with E-state index in [0.29, 0.717) is 50.8 Å². The Labute approximate surface area is 244 Å². The second-order valence-electron chi connectivity index (χ2n) is 10.4. The summed E-state index contributed by atoms with van der Waals surface area (Å²) in [5.74, 6) is 1.04. The Morgan fingerprint density at radius 3 is 2.44 bits per heavy atom. The van der Waals surface area contributed by atoms with E-state index in [-0.39, 0.29) is 11.5 Å². The van der Waals surface area contributed by atoms with Gasteiger partial charge in [0.15, 0.2) is 4.80 Å². The summed E-state index contributed by atoms with van der Waals surface area (Å²) in [6, 6.07) is 11.2. The van der Waals surface area contributed by atoms with Gasteiger partial charge in [0.05, 0.1) is 30.0 Å². The van der Waals surface area contributed by atoms with Crippen molar-refractivity contribution in [2.75, 3.05) is 45.3 Å². The van der Waals surface area contributed by atoms with Crippen LogP contribution in [0, 0.1) is 6.92 Å². The number of hydrogen-bond donors (Lipinski definition) is 0. The van der Waals surface area contributed by atoms with Crippen LogP contribution in [0.15, 0.2) is 57.5 Å². The maximum absolute atomic E-state index is 14.2. The molecule has 0 N–H and O–H groups in total. The molecule has 2 aromatic carbocycles. The number of allylic oxidation sites excluding steroid dienone is 1. The van der Waals surface area contributed by atoms with Gasteiger partial charge in [-0.25, -0.2) is 4.99 Å². The molecular formula is C32H38N4O4S. The molecule has 216 valence electrons. The molecule has 0 bridgehead atoms. The SMILES string of the molecule is CCN(CC)C(=O)C1=C(C)N=c2s/c(=C\c3ccc(N4CCCC4)cc3C)c(=O)n2[C@H]1c1cc(OC)ccc1OC. The zero-order valence-corrected chi connectivity index (χ0v) is 25.5. The summed E-state index contributed by atoms with van der Waals surface area (Å²) in [7, 11) is 3.18. The molecular weight excluding hydrogens is 536 g/mol. The third-order valence-electron chi connectivity index (χ3n) is 8.05. The quantitative estimate of drug-likeness (QED) is 0.406. The van der Waals surface area contributed by atoms with Crippen molar-refractivity contribution in [1.29, 1.82) is 0 Å². The summed E-state index contributed by atoms with van der Waals surface area (Å²) >= 11 is 1.34. The first-order chi connectivity index (χ1) is 19.8. The van der Waals surface area contributed by atoms with E-state index in [4.69, 9.17) is 14.5 Å². The first-order valence-corrected chi connectivity index (χ1v) is 15.0. The van der Waals surface area contributed by atoms with E-state index in [1.807, 2.05) is 45.0 Å². The van der Waals surface area contributed by atoms with E-state index < -0.39 is 6.04 Å². The first kappa shape index (κ1) is 28.7.